The van der Waals surface area contributed by atoms with E-state index in [1.54, 1.807) is 18.2 Å². The third-order valence-corrected chi connectivity index (χ3v) is 5.19. The van der Waals surface area contributed by atoms with Crippen LogP contribution in [0.1, 0.15) is 27.7 Å². The van der Waals surface area contributed by atoms with Gasteiger partial charge >= 0.3 is 5.97 Å². The quantitative estimate of drug-likeness (QED) is 0.670. The molecule has 1 unspecified atom stereocenters. The highest BCUT2D eigenvalue weighted by molar-refractivity contribution is 7.89. The van der Waals surface area contributed by atoms with E-state index in [2.05, 4.69) is 10.0 Å². The summed E-state index contributed by atoms with van der Waals surface area (Å²) in [5, 5.41) is 11.4. The molecule has 0 saturated heterocycles. The number of carbonyl (C=O) groups excluding carboxylic acids is 1. The van der Waals surface area contributed by atoms with Crippen molar-refractivity contribution in [3.05, 3.63) is 47.2 Å². The number of carbonyl (C=O) groups is 2. The second-order valence-electron chi connectivity index (χ2n) is 5.54. The molecule has 0 aliphatic carbocycles. The highest BCUT2D eigenvalue weighted by atomic mass is 32.2. The van der Waals surface area contributed by atoms with Crippen LogP contribution >= 0.6 is 0 Å². The fourth-order valence-electron chi connectivity index (χ4n) is 2.56. The number of hydrogen-bond donors (Lipinski definition) is 3. The van der Waals surface area contributed by atoms with Gasteiger partial charge < -0.3 is 19.6 Å². The predicted octanol–water partition coefficient (Wildman–Crippen LogP) is 0.678. The van der Waals surface area contributed by atoms with Crippen molar-refractivity contribution in [1.29, 1.82) is 0 Å². The minimum atomic E-state index is -3.84. The molecular formula is C16H16N2O7S. The maximum absolute atomic E-state index is 12.3. The van der Waals surface area contributed by atoms with Crippen molar-refractivity contribution in [2.75, 3.05) is 13.7 Å². The average molecular weight is 380 g/mol. The second kappa shape index (κ2) is 6.81. The molecule has 2 aromatic rings. The number of carboxylic acid groups (broad SMARTS) is 1. The van der Waals surface area contributed by atoms with Crippen molar-refractivity contribution in [2.24, 2.45) is 0 Å². The fourth-order valence-corrected chi connectivity index (χ4v) is 3.21. The van der Waals surface area contributed by atoms with Crippen LogP contribution in [-0.4, -0.2) is 39.1 Å². The summed E-state index contributed by atoms with van der Waals surface area (Å²) in [6, 6.07) is 5.84. The van der Waals surface area contributed by atoms with Crippen LogP contribution in [0.15, 0.2) is 39.8 Å². The lowest BCUT2D eigenvalue weighted by atomic mass is 10.0. The highest BCUT2D eigenvalue weighted by Crippen LogP contribution is 2.28. The first kappa shape index (κ1) is 18.0. The molecule has 1 atom stereocenters. The van der Waals surface area contributed by atoms with Gasteiger partial charge in [-0.1, -0.05) is 6.07 Å². The third-order valence-electron chi connectivity index (χ3n) is 3.91. The van der Waals surface area contributed by atoms with E-state index in [9.17, 15) is 23.1 Å². The molecule has 3 N–H and O–H groups in total. The van der Waals surface area contributed by atoms with E-state index in [1.165, 1.54) is 7.05 Å². The summed E-state index contributed by atoms with van der Waals surface area (Å²) in [6.45, 7) is 0.526. The van der Waals surface area contributed by atoms with E-state index in [4.69, 9.17) is 9.15 Å². The first-order chi connectivity index (χ1) is 12.3. The number of ether oxygens (including phenoxy) is 1. The van der Waals surface area contributed by atoms with Crippen molar-refractivity contribution in [3.8, 4) is 5.75 Å². The molecule has 1 amide bonds. The number of benzene rings is 1. The molecule has 1 aromatic carbocycles. The first-order valence-corrected chi connectivity index (χ1v) is 9.13. The van der Waals surface area contributed by atoms with Gasteiger partial charge in [0.1, 0.15) is 5.75 Å². The summed E-state index contributed by atoms with van der Waals surface area (Å²) < 4.78 is 35.8. The maximum Gasteiger partial charge on any atom is 0.330 e. The molecule has 9 nitrogen and oxygen atoms in total. The normalized spacial score (nSPS) is 14.3. The van der Waals surface area contributed by atoms with Crippen LogP contribution in [0.5, 0.6) is 5.75 Å². The van der Waals surface area contributed by atoms with Gasteiger partial charge in [-0.25, -0.2) is 17.9 Å². The third kappa shape index (κ3) is 3.41. The molecule has 2 heterocycles. The van der Waals surface area contributed by atoms with Crippen LogP contribution in [0.3, 0.4) is 0 Å². The molecule has 3 rings (SSSR count). The average Bonchev–Trinajstić information content (AvgIpc) is 3.27. The largest absolute Gasteiger partial charge is 0.493 e. The van der Waals surface area contributed by atoms with E-state index in [0.717, 1.165) is 17.7 Å². The number of nitrogens with one attached hydrogen (secondary N) is 2. The van der Waals surface area contributed by atoms with Crippen molar-refractivity contribution in [3.63, 3.8) is 0 Å². The van der Waals surface area contributed by atoms with E-state index in [1.807, 2.05) is 0 Å². The summed E-state index contributed by atoms with van der Waals surface area (Å²) in [5.74, 6) is -1.72. The maximum atomic E-state index is 12.3. The molecule has 1 aliphatic rings. The molecular weight excluding hydrogens is 364 g/mol. The lowest BCUT2D eigenvalue weighted by Crippen LogP contribution is -2.33. The Morgan fingerprint density at radius 3 is 2.69 bits per heavy atom. The van der Waals surface area contributed by atoms with Crippen LogP contribution in [0.25, 0.3) is 0 Å². The van der Waals surface area contributed by atoms with E-state index >= 15 is 0 Å². The number of rotatable bonds is 6. The zero-order valence-electron chi connectivity index (χ0n) is 13.7. The lowest BCUT2D eigenvalue weighted by Gasteiger charge is -2.15. The summed E-state index contributed by atoms with van der Waals surface area (Å²) in [7, 11) is -2.64. The Hall–Kier alpha value is -2.85. The van der Waals surface area contributed by atoms with Crippen LogP contribution in [0.4, 0.5) is 0 Å². The number of aliphatic carboxylic acids is 1. The monoisotopic (exact) mass is 380 g/mol. The number of furan rings is 1. The zero-order chi connectivity index (χ0) is 18.9. The minimum absolute atomic E-state index is 0.311. The van der Waals surface area contributed by atoms with Gasteiger partial charge in [0.05, 0.1) is 6.61 Å². The first-order valence-electron chi connectivity index (χ1n) is 7.64. The van der Waals surface area contributed by atoms with Crippen molar-refractivity contribution in [2.45, 2.75) is 17.6 Å². The number of hydrogen-bond acceptors (Lipinski definition) is 6. The van der Waals surface area contributed by atoms with Gasteiger partial charge in [0.2, 0.25) is 5.09 Å². The van der Waals surface area contributed by atoms with Crippen molar-refractivity contribution >= 4 is 21.9 Å². The number of fused-ring (bicyclic) bond motifs is 1. The predicted molar refractivity (Wildman–Crippen MR) is 88.4 cm³/mol. The highest BCUT2D eigenvalue weighted by Gasteiger charge is 2.27. The Kier molecular flexibility index (Phi) is 4.70. The standard InChI is InChI=1S/C16H16N2O7S/c1-17-26(22,23)13-5-4-12(25-13)15(19)18-14(16(20)21)10-2-3-11-9(8-10)6-7-24-11/h2-5,8,14,17H,6-7H2,1H3,(H,18,19)(H,20,21). The van der Waals surface area contributed by atoms with Gasteiger partial charge in [-0.3, -0.25) is 4.79 Å². The van der Waals surface area contributed by atoms with Crippen molar-refractivity contribution in [1.82, 2.24) is 10.0 Å². The molecule has 138 valence electrons. The molecule has 10 heteroatoms. The van der Waals surface area contributed by atoms with E-state index in [-0.39, 0.29) is 5.76 Å². The zero-order valence-corrected chi connectivity index (χ0v) is 14.5. The summed E-state index contributed by atoms with van der Waals surface area (Å²) in [4.78, 5) is 23.9. The Bertz CT molecular complexity index is 965. The molecule has 26 heavy (non-hydrogen) atoms. The topological polar surface area (TPSA) is 135 Å². The van der Waals surface area contributed by atoms with Crippen LogP contribution in [-0.2, 0) is 21.2 Å². The van der Waals surface area contributed by atoms with E-state index in [0.29, 0.717) is 24.3 Å². The summed E-state index contributed by atoms with van der Waals surface area (Å²) >= 11 is 0. The van der Waals surface area contributed by atoms with Gasteiger partial charge in [0, 0.05) is 6.42 Å². The molecule has 0 bridgehead atoms. The molecule has 0 spiro atoms. The fraction of sp³-hybridized carbons (Fsp3) is 0.250. The molecule has 0 saturated carbocycles. The Morgan fingerprint density at radius 2 is 2.00 bits per heavy atom. The Labute approximate surface area is 149 Å². The summed E-state index contributed by atoms with van der Waals surface area (Å²) in [5.41, 5.74) is 1.24. The Morgan fingerprint density at radius 1 is 1.23 bits per heavy atom. The molecule has 0 radical (unpaired) electrons. The van der Waals surface area contributed by atoms with Crippen LogP contribution in [0, 0.1) is 0 Å². The second-order valence-corrected chi connectivity index (χ2v) is 7.35. The number of carboxylic acids is 1. The molecule has 1 aliphatic heterocycles. The van der Waals surface area contributed by atoms with Gasteiger partial charge in [0.15, 0.2) is 11.8 Å². The smallest absolute Gasteiger partial charge is 0.330 e. The Balaban J connectivity index is 1.83. The van der Waals surface area contributed by atoms with E-state index < -0.39 is 33.0 Å². The molecule has 0 fully saturated rings. The lowest BCUT2D eigenvalue weighted by molar-refractivity contribution is -0.139. The number of amides is 1. The van der Waals surface area contributed by atoms with Gasteiger partial charge in [-0.15, -0.1) is 0 Å². The SMILES string of the molecule is CNS(=O)(=O)c1ccc(C(=O)NC(C(=O)O)c2ccc3c(c2)CCO3)o1. The van der Waals surface area contributed by atoms with Gasteiger partial charge in [-0.2, -0.15) is 0 Å². The summed E-state index contributed by atoms with van der Waals surface area (Å²) in [6.07, 6.45) is 0.660. The van der Waals surface area contributed by atoms with Crippen LogP contribution in [0.2, 0.25) is 0 Å². The molecule has 1 aromatic heterocycles. The van der Waals surface area contributed by atoms with Gasteiger partial charge in [-0.05, 0) is 42.4 Å². The van der Waals surface area contributed by atoms with Crippen LogP contribution < -0.4 is 14.8 Å². The van der Waals surface area contributed by atoms with Crippen molar-refractivity contribution < 1.29 is 32.3 Å². The minimum Gasteiger partial charge on any atom is -0.493 e. The van der Waals surface area contributed by atoms with Gasteiger partial charge in [0.25, 0.3) is 15.9 Å². The number of sulfonamides is 1.